The Balaban J connectivity index is 3.17. The molecule has 0 aliphatic carbocycles. The zero-order valence-electron chi connectivity index (χ0n) is 8.97. The maximum atomic E-state index is 12.1. The molecule has 0 unspecified atom stereocenters. The maximum absolute atomic E-state index is 12.1. The average Bonchev–Trinajstić information content (AvgIpc) is 2.17. The molecule has 0 aliphatic rings. The molecule has 1 aromatic carbocycles. The molecule has 0 atom stereocenters. The van der Waals surface area contributed by atoms with E-state index >= 15 is 0 Å². The van der Waals surface area contributed by atoms with Gasteiger partial charge >= 0.3 is 6.09 Å². The number of carboxylic acid groups (broad SMARTS) is 1. The Kier molecular flexibility index (Phi) is 3.23. The van der Waals surface area contributed by atoms with E-state index in [2.05, 4.69) is 0 Å². The number of rotatable bonds is 3. The number of amides is 1. The zero-order chi connectivity index (χ0) is 12.4. The number of carbonyl (C=O) groups is 1. The summed E-state index contributed by atoms with van der Waals surface area (Å²) < 4.78 is 24.1. The van der Waals surface area contributed by atoms with E-state index in [9.17, 15) is 13.2 Å². The summed E-state index contributed by atoms with van der Waals surface area (Å²) in [6.45, 7) is 2.62. The SMILES string of the molecule is CC(C)(NC(=O)O)S(=O)(=O)c1ccccc1. The molecule has 1 amide bonds. The van der Waals surface area contributed by atoms with Gasteiger partial charge in [-0.15, -0.1) is 0 Å². The van der Waals surface area contributed by atoms with Gasteiger partial charge in [0.05, 0.1) is 4.90 Å². The van der Waals surface area contributed by atoms with Gasteiger partial charge in [-0.1, -0.05) is 18.2 Å². The van der Waals surface area contributed by atoms with Crippen molar-refractivity contribution in [2.75, 3.05) is 0 Å². The summed E-state index contributed by atoms with van der Waals surface area (Å²) in [5.74, 6) is 0. The van der Waals surface area contributed by atoms with E-state index in [1.165, 1.54) is 26.0 Å². The second-order valence-electron chi connectivity index (χ2n) is 3.76. The van der Waals surface area contributed by atoms with Crippen molar-refractivity contribution in [1.82, 2.24) is 5.32 Å². The summed E-state index contributed by atoms with van der Waals surface area (Å²) in [5, 5.41) is 10.6. The van der Waals surface area contributed by atoms with E-state index in [1.54, 1.807) is 18.2 Å². The fraction of sp³-hybridized carbons (Fsp3) is 0.300. The van der Waals surface area contributed by atoms with Crippen LogP contribution in [0.4, 0.5) is 4.79 Å². The van der Waals surface area contributed by atoms with Gasteiger partial charge in [-0.3, -0.25) is 0 Å². The monoisotopic (exact) mass is 243 g/mol. The van der Waals surface area contributed by atoms with Gasteiger partial charge in [-0.25, -0.2) is 13.2 Å². The number of sulfone groups is 1. The highest BCUT2D eigenvalue weighted by molar-refractivity contribution is 7.92. The lowest BCUT2D eigenvalue weighted by atomic mass is 10.4. The van der Waals surface area contributed by atoms with E-state index in [0.717, 1.165) is 0 Å². The highest BCUT2D eigenvalue weighted by Gasteiger charge is 2.36. The van der Waals surface area contributed by atoms with E-state index in [-0.39, 0.29) is 4.90 Å². The molecule has 88 valence electrons. The number of nitrogens with one attached hydrogen (secondary N) is 1. The van der Waals surface area contributed by atoms with E-state index in [4.69, 9.17) is 5.11 Å². The van der Waals surface area contributed by atoms with Crippen LogP contribution in [0.25, 0.3) is 0 Å². The summed E-state index contributed by atoms with van der Waals surface area (Å²) in [6, 6.07) is 7.73. The van der Waals surface area contributed by atoms with Crippen LogP contribution in [0.5, 0.6) is 0 Å². The lowest BCUT2D eigenvalue weighted by molar-refractivity contribution is 0.189. The summed E-state index contributed by atoms with van der Waals surface area (Å²) in [4.78, 5) is 9.05. The Labute approximate surface area is 94.0 Å². The van der Waals surface area contributed by atoms with E-state index in [1.807, 2.05) is 5.32 Å². The molecule has 0 aliphatic heterocycles. The quantitative estimate of drug-likeness (QED) is 0.841. The Morgan fingerprint density at radius 2 is 1.75 bits per heavy atom. The molecule has 0 saturated carbocycles. The molecule has 6 heteroatoms. The smallest absolute Gasteiger partial charge is 0.405 e. The minimum absolute atomic E-state index is 0.0914. The third kappa shape index (κ3) is 2.33. The Hall–Kier alpha value is -1.56. The largest absolute Gasteiger partial charge is 0.465 e. The number of benzene rings is 1. The molecule has 0 radical (unpaired) electrons. The molecule has 16 heavy (non-hydrogen) atoms. The third-order valence-electron chi connectivity index (χ3n) is 2.13. The van der Waals surface area contributed by atoms with Crippen molar-refractivity contribution in [1.29, 1.82) is 0 Å². The van der Waals surface area contributed by atoms with Crippen LogP contribution in [0, 0.1) is 0 Å². The fourth-order valence-electron chi connectivity index (χ4n) is 1.22. The molecule has 1 rings (SSSR count). The van der Waals surface area contributed by atoms with Crippen molar-refractivity contribution >= 4 is 15.9 Å². The maximum Gasteiger partial charge on any atom is 0.405 e. The summed E-state index contributed by atoms with van der Waals surface area (Å²) in [5.41, 5.74) is 0. The summed E-state index contributed by atoms with van der Waals surface area (Å²) >= 11 is 0. The van der Waals surface area contributed by atoms with Crippen molar-refractivity contribution in [2.45, 2.75) is 23.6 Å². The first-order chi connectivity index (χ1) is 7.27. The lowest BCUT2D eigenvalue weighted by Crippen LogP contribution is -2.48. The normalized spacial score (nSPS) is 12.1. The minimum atomic E-state index is -3.73. The van der Waals surface area contributed by atoms with Crippen molar-refractivity contribution < 1.29 is 18.3 Å². The molecular weight excluding hydrogens is 230 g/mol. The molecule has 0 fully saturated rings. The minimum Gasteiger partial charge on any atom is -0.465 e. The van der Waals surface area contributed by atoms with Crippen LogP contribution in [0.2, 0.25) is 0 Å². The first kappa shape index (κ1) is 12.5. The molecule has 0 bridgehead atoms. The molecular formula is C10H13NO4S. The summed E-state index contributed by atoms with van der Waals surface area (Å²) in [6.07, 6.45) is -1.37. The molecule has 0 heterocycles. The van der Waals surface area contributed by atoms with Crippen LogP contribution < -0.4 is 5.32 Å². The lowest BCUT2D eigenvalue weighted by Gasteiger charge is -2.24. The van der Waals surface area contributed by atoms with E-state index in [0.29, 0.717) is 0 Å². The van der Waals surface area contributed by atoms with Crippen molar-refractivity contribution in [3.05, 3.63) is 30.3 Å². The molecule has 0 saturated heterocycles. The summed E-state index contributed by atoms with van der Waals surface area (Å²) in [7, 11) is -3.73. The molecule has 1 aromatic rings. The first-order valence-electron chi connectivity index (χ1n) is 4.58. The second-order valence-corrected chi connectivity index (χ2v) is 6.26. The predicted octanol–water partition coefficient (Wildman–Crippen LogP) is 1.46. The predicted molar refractivity (Wildman–Crippen MR) is 58.9 cm³/mol. The zero-order valence-corrected chi connectivity index (χ0v) is 9.78. The topological polar surface area (TPSA) is 83.5 Å². The number of hydrogen-bond donors (Lipinski definition) is 2. The Morgan fingerprint density at radius 1 is 1.25 bits per heavy atom. The second kappa shape index (κ2) is 4.13. The van der Waals surface area contributed by atoms with Crippen LogP contribution in [0.15, 0.2) is 35.2 Å². The molecule has 2 N–H and O–H groups in total. The van der Waals surface area contributed by atoms with Crippen molar-refractivity contribution in [2.24, 2.45) is 0 Å². The Morgan fingerprint density at radius 3 is 2.19 bits per heavy atom. The highest BCUT2D eigenvalue weighted by atomic mass is 32.2. The van der Waals surface area contributed by atoms with Gasteiger partial charge in [-0.05, 0) is 26.0 Å². The van der Waals surface area contributed by atoms with Gasteiger partial charge in [-0.2, -0.15) is 0 Å². The van der Waals surface area contributed by atoms with Crippen LogP contribution in [0.1, 0.15) is 13.8 Å². The van der Waals surface area contributed by atoms with E-state index < -0.39 is 20.8 Å². The highest BCUT2D eigenvalue weighted by Crippen LogP contribution is 2.22. The average molecular weight is 243 g/mol. The molecule has 0 spiro atoms. The van der Waals surface area contributed by atoms with Gasteiger partial charge in [0.2, 0.25) is 9.84 Å². The number of hydrogen-bond acceptors (Lipinski definition) is 3. The third-order valence-corrected chi connectivity index (χ3v) is 4.47. The van der Waals surface area contributed by atoms with Crippen LogP contribution in [-0.2, 0) is 9.84 Å². The van der Waals surface area contributed by atoms with Gasteiger partial charge in [0.15, 0.2) is 0 Å². The van der Waals surface area contributed by atoms with Crippen LogP contribution >= 0.6 is 0 Å². The van der Waals surface area contributed by atoms with Crippen molar-refractivity contribution in [3.63, 3.8) is 0 Å². The van der Waals surface area contributed by atoms with Crippen molar-refractivity contribution in [3.8, 4) is 0 Å². The van der Waals surface area contributed by atoms with Crippen LogP contribution in [0.3, 0.4) is 0 Å². The van der Waals surface area contributed by atoms with Crippen LogP contribution in [-0.4, -0.2) is 24.5 Å². The first-order valence-corrected chi connectivity index (χ1v) is 6.06. The van der Waals surface area contributed by atoms with Gasteiger partial charge < -0.3 is 10.4 Å². The molecule has 5 nitrogen and oxygen atoms in total. The van der Waals surface area contributed by atoms with Gasteiger partial charge in [0.25, 0.3) is 0 Å². The standard InChI is InChI=1S/C10H13NO4S/c1-10(2,11-9(12)13)16(14,15)8-6-4-3-5-7-8/h3-7,11H,1-2H3,(H,12,13). The Bertz CT molecular complexity index is 479. The fourth-order valence-corrected chi connectivity index (χ4v) is 2.55. The van der Waals surface area contributed by atoms with Gasteiger partial charge in [0, 0.05) is 0 Å². The molecule has 0 aromatic heterocycles. The van der Waals surface area contributed by atoms with Gasteiger partial charge in [0.1, 0.15) is 4.87 Å².